The number of benzene rings is 1. The zero-order chi connectivity index (χ0) is 14.1. The van der Waals surface area contributed by atoms with Crippen molar-refractivity contribution in [3.05, 3.63) is 69.7 Å². The Balaban J connectivity index is 2.36. The summed E-state index contributed by atoms with van der Waals surface area (Å²) in [6, 6.07) is 10.3. The molecule has 0 bridgehead atoms. The lowest BCUT2D eigenvalue weighted by Crippen LogP contribution is -2.18. The third-order valence-corrected chi connectivity index (χ3v) is 3.26. The summed E-state index contributed by atoms with van der Waals surface area (Å²) in [5, 5.41) is 3.98. The van der Waals surface area contributed by atoms with E-state index in [2.05, 4.69) is 10.2 Å². The van der Waals surface area contributed by atoms with E-state index < -0.39 is 0 Å². The van der Waals surface area contributed by atoms with Gasteiger partial charge in [-0.1, -0.05) is 6.07 Å². The number of aromatic nitrogens is 2. The molecule has 20 heavy (non-hydrogen) atoms. The van der Waals surface area contributed by atoms with Crippen molar-refractivity contribution in [2.45, 2.75) is 6.92 Å². The number of nitrogens with zero attached hydrogens (tertiary/aromatic N) is 3. The Morgan fingerprint density at radius 3 is 2.70 bits per heavy atom. The second kappa shape index (κ2) is 4.70. The van der Waals surface area contributed by atoms with Gasteiger partial charge in [0.05, 0.1) is 11.4 Å². The quantitative estimate of drug-likeness (QED) is 0.669. The molecule has 0 aliphatic carbocycles. The number of rotatable bonds is 2. The molecule has 0 N–H and O–H groups in total. The van der Waals surface area contributed by atoms with Crippen LogP contribution in [0.2, 0.25) is 0 Å². The minimum Gasteiger partial charge on any atom is -0.282 e. The van der Waals surface area contributed by atoms with Gasteiger partial charge in [0.2, 0.25) is 0 Å². The lowest BCUT2D eigenvalue weighted by molar-refractivity contribution is 0.970. The van der Waals surface area contributed by atoms with E-state index in [1.807, 2.05) is 13.0 Å². The fraction of sp³-hybridized carbons (Fsp3) is 0.0667. The monoisotopic (exact) mass is 265 g/mol. The van der Waals surface area contributed by atoms with Gasteiger partial charge in [0, 0.05) is 23.2 Å². The predicted molar refractivity (Wildman–Crippen MR) is 77.5 cm³/mol. The smallest absolute Gasteiger partial charge is 0.263 e. The number of hydrogen-bond donors (Lipinski definition) is 0. The highest BCUT2D eigenvalue weighted by atomic mass is 16.3. The highest BCUT2D eigenvalue weighted by Gasteiger charge is 2.09. The molecule has 2 heterocycles. The summed E-state index contributed by atoms with van der Waals surface area (Å²) in [6.07, 6.45) is 3.32. The molecule has 0 saturated heterocycles. The molecule has 0 saturated carbocycles. The topological polar surface area (TPSA) is 64.3 Å². The summed E-state index contributed by atoms with van der Waals surface area (Å²) >= 11 is 0. The van der Waals surface area contributed by atoms with Crippen molar-refractivity contribution in [3.8, 4) is 5.69 Å². The van der Waals surface area contributed by atoms with Crippen molar-refractivity contribution >= 4 is 16.5 Å². The van der Waals surface area contributed by atoms with Crippen molar-refractivity contribution in [1.82, 2.24) is 9.55 Å². The zero-order valence-corrected chi connectivity index (χ0v) is 10.8. The van der Waals surface area contributed by atoms with Gasteiger partial charge in [-0.2, -0.15) is 0 Å². The van der Waals surface area contributed by atoms with Crippen molar-refractivity contribution in [2.24, 2.45) is 5.18 Å². The molecule has 0 amide bonds. The Labute approximate surface area is 114 Å². The van der Waals surface area contributed by atoms with Crippen molar-refractivity contribution < 1.29 is 0 Å². The van der Waals surface area contributed by atoms with Crippen LogP contribution in [0.5, 0.6) is 0 Å². The summed E-state index contributed by atoms with van der Waals surface area (Å²) in [4.78, 5) is 27.5. The average molecular weight is 265 g/mol. The van der Waals surface area contributed by atoms with Crippen LogP contribution in [0, 0.1) is 11.8 Å². The molecule has 0 radical (unpaired) electrons. The van der Waals surface area contributed by atoms with Crippen LogP contribution in [-0.2, 0) is 0 Å². The Kier molecular flexibility index (Phi) is 2.87. The maximum atomic E-state index is 12.5. The summed E-state index contributed by atoms with van der Waals surface area (Å²) in [5.74, 6) is 0. The summed E-state index contributed by atoms with van der Waals surface area (Å²) in [6.45, 7) is 1.84. The van der Waals surface area contributed by atoms with Crippen LogP contribution in [0.4, 0.5) is 5.69 Å². The Bertz CT molecular complexity index is 868. The minimum atomic E-state index is -0.191. The molecule has 0 atom stereocenters. The number of pyridine rings is 2. The van der Waals surface area contributed by atoms with Crippen molar-refractivity contribution in [3.63, 3.8) is 0 Å². The first-order chi connectivity index (χ1) is 9.72. The molecule has 0 unspecified atom stereocenters. The summed E-state index contributed by atoms with van der Waals surface area (Å²) in [7, 11) is 0. The molecule has 3 aromatic rings. The van der Waals surface area contributed by atoms with Gasteiger partial charge in [-0.3, -0.25) is 14.3 Å². The van der Waals surface area contributed by atoms with Crippen molar-refractivity contribution in [2.75, 3.05) is 0 Å². The lowest BCUT2D eigenvalue weighted by Gasteiger charge is -2.09. The Morgan fingerprint density at radius 2 is 1.95 bits per heavy atom. The molecule has 0 spiro atoms. The third-order valence-electron chi connectivity index (χ3n) is 3.26. The van der Waals surface area contributed by atoms with Crippen LogP contribution in [0.1, 0.15) is 5.69 Å². The van der Waals surface area contributed by atoms with E-state index in [1.54, 1.807) is 42.7 Å². The molecule has 0 aliphatic heterocycles. The van der Waals surface area contributed by atoms with Gasteiger partial charge in [-0.25, -0.2) is 0 Å². The van der Waals surface area contributed by atoms with Crippen LogP contribution in [-0.4, -0.2) is 9.55 Å². The Hall–Kier alpha value is -2.82. The van der Waals surface area contributed by atoms with Gasteiger partial charge < -0.3 is 0 Å². The molecule has 5 nitrogen and oxygen atoms in total. The largest absolute Gasteiger partial charge is 0.282 e. The van der Waals surface area contributed by atoms with Crippen LogP contribution < -0.4 is 5.56 Å². The normalized spacial score (nSPS) is 10.7. The lowest BCUT2D eigenvalue weighted by atomic mass is 10.1. The minimum absolute atomic E-state index is 0.191. The van der Waals surface area contributed by atoms with Gasteiger partial charge >= 0.3 is 0 Å². The molecular weight excluding hydrogens is 254 g/mol. The van der Waals surface area contributed by atoms with E-state index in [1.165, 1.54) is 4.57 Å². The van der Waals surface area contributed by atoms with Gasteiger partial charge in [0.1, 0.15) is 5.69 Å². The molecular formula is C15H11N3O2. The molecule has 5 heteroatoms. The maximum absolute atomic E-state index is 12.5. The fourth-order valence-electron chi connectivity index (χ4n) is 2.26. The fourth-order valence-corrected chi connectivity index (χ4v) is 2.26. The summed E-state index contributed by atoms with van der Waals surface area (Å²) < 4.78 is 1.53. The molecule has 98 valence electrons. The second-order valence-corrected chi connectivity index (χ2v) is 4.43. The Morgan fingerprint density at radius 1 is 1.10 bits per heavy atom. The third kappa shape index (κ3) is 1.80. The highest BCUT2D eigenvalue weighted by molar-refractivity contribution is 5.91. The van der Waals surface area contributed by atoms with E-state index in [0.717, 1.165) is 11.4 Å². The van der Waals surface area contributed by atoms with Crippen LogP contribution >= 0.6 is 0 Å². The van der Waals surface area contributed by atoms with E-state index in [0.29, 0.717) is 10.8 Å². The molecule has 0 aliphatic rings. The van der Waals surface area contributed by atoms with E-state index >= 15 is 0 Å². The molecule has 0 fully saturated rings. The first-order valence-electron chi connectivity index (χ1n) is 6.12. The number of aryl methyl sites for hydroxylation is 1. The van der Waals surface area contributed by atoms with Crippen LogP contribution in [0.25, 0.3) is 16.5 Å². The number of fused-ring (bicyclic) bond motifs is 1. The number of nitroso groups, excluding NO2 is 1. The summed E-state index contributed by atoms with van der Waals surface area (Å²) in [5.41, 5.74) is 1.57. The van der Waals surface area contributed by atoms with Gasteiger partial charge in [-0.05, 0) is 42.4 Å². The van der Waals surface area contributed by atoms with Crippen LogP contribution in [0.15, 0.2) is 58.8 Å². The predicted octanol–water partition coefficient (Wildman–Crippen LogP) is 3.09. The average Bonchev–Trinajstić information content (AvgIpc) is 2.48. The van der Waals surface area contributed by atoms with Gasteiger partial charge in [-0.15, -0.1) is 4.91 Å². The zero-order valence-electron chi connectivity index (χ0n) is 10.8. The molecule has 3 rings (SSSR count). The maximum Gasteiger partial charge on any atom is 0.263 e. The van der Waals surface area contributed by atoms with Gasteiger partial charge in [0.25, 0.3) is 5.56 Å². The van der Waals surface area contributed by atoms with E-state index in [4.69, 9.17) is 0 Å². The van der Waals surface area contributed by atoms with Crippen molar-refractivity contribution in [1.29, 1.82) is 0 Å². The first kappa shape index (κ1) is 12.2. The standard InChI is InChI=1S/C15H11N3O2/c1-10-14(6-3-8-16-10)18-9-7-11-12(15(18)19)4-2-5-13(11)17-20/h2-9H,1H3. The van der Waals surface area contributed by atoms with Gasteiger partial charge in [0.15, 0.2) is 0 Å². The number of hydrogen-bond acceptors (Lipinski definition) is 4. The molecule has 1 aromatic carbocycles. The van der Waals surface area contributed by atoms with E-state index in [9.17, 15) is 9.70 Å². The SMILES string of the molecule is Cc1ncccc1-n1ccc2c(N=O)cccc2c1=O. The molecule has 2 aromatic heterocycles. The second-order valence-electron chi connectivity index (χ2n) is 4.43. The highest BCUT2D eigenvalue weighted by Crippen LogP contribution is 2.23. The van der Waals surface area contributed by atoms with E-state index in [-0.39, 0.29) is 11.2 Å². The first-order valence-corrected chi connectivity index (χ1v) is 6.12. The van der Waals surface area contributed by atoms with Crippen LogP contribution in [0.3, 0.4) is 0 Å².